The molecule has 126 valence electrons. The fraction of sp³-hybridized carbons (Fsp3) is 0.526. The average molecular weight is 324 g/mol. The second kappa shape index (κ2) is 5.11. The molecule has 2 aromatic rings. The zero-order valence-electron chi connectivity index (χ0n) is 15.6. The molecule has 0 bridgehead atoms. The maximum atomic E-state index is 9.44. The van der Waals surface area contributed by atoms with Gasteiger partial charge in [-0.25, -0.2) is 0 Å². The molecule has 0 amide bonds. The van der Waals surface area contributed by atoms with Crippen LogP contribution >= 0.6 is 0 Å². The summed E-state index contributed by atoms with van der Waals surface area (Å²) in [6, 6.07) is 8.05. The summed E-state index contributed by atoms with van der Waals surface area (Å²) in [5, 5.41) is 10.4. The van der Waals surface area contributed by atoms with Crippen LogP contribution in [0.4, 0.5) is 0 Å². The van der Waals surface area contributed by atoms with Gasteiger partial charge in [0.2, 0.25) is 0 Å². The topological polar surface area (TPSA) is 58.0 Å². The highest BCUT2D eigenvalue weighted by Crippen LogP contribution is 2.38. The van der Waals surface area contributed by atoms with E-state index in [0.29, 0.717) is 5.56 Å². The fourth-order valence-electron chi connectivity index (χ4n) is 3.13. The molecule has 1 aromatic heterocycles. The first-order valence-electron chi connectivity index (χ1n) is 8.39. The third-order valence-corrected chi connectivity index (χ3v) is 5.23. The van der Waals surface area contributed by atoms with Crippen LogP contribution in [0.2, 0.25) is 0 Å². The van der Waals surface area contributed by atoms with Crippen LogP contribution in [-0.4, -0.2) is 23.3 Å². The van der Waals surface area contributed by atoms with E-state index in [1.54, 1.807) is 0 Å². The lowest BCUT2D eigenvalue weighted by molar-refractivity contribution is 0.00578. The van der Waals surface area contributed by atoms with Crippen molar-refractivity contribution in [2.75, 3.05) is 0 Å². The van der Waals surface area contributed by atoms with E-state index in [4.69, 9.17) is 9.31 Å². The molecule has 0 aliphatic carbocycles. The van der Waals surface area contributed by atoms with Crippen LogP contribution < -0.4 is 5.46 Å². The minimum atomic E-state index is -0.452. The minimum Gasteiger partial charge on any atom is -0.399 e. The van der Waals surface area contributed by atoms with Crippen molar-refractivity contribution >= 4 is 23.5 Å². The van der Waals surface area contributed by atoms with Gasteiger partial charge in [0.15, 0.2) is 0 Å². The average Bonchev–Trinajstić information content (AvgIpc) is 2.93. The molecule has 0 radical (unpaired) electrons. The van der Waals surface area contributed by atoms with Gasteiger partial charge in [0.1, 0.15) is 6.07 Å². The number of nitriles is 1. The minimum absolute atomic E-state index is 0.120. The maximum Gasteiger partial charge on any atom is 0.497 e. The van der Waals surface area contributed by atoms with E-state index in [0.717, 1.165) is 22.1 Å². The standard InChI is InChI=1S/C19H25BN2O2/c1-17(2,3)16-14(20-23-18(4,5)19(6,7)24-20)13-10-8-9-12(11-21)15(13)22-16/h8-10,22H,1-7H3. The molecule has 0 saturated carbocycles. The lowest BCUT2D eigenvalue weighted by Crippen LogP contribution is -2.41. The summed E-state index contributed by atoms with van der Waals surface area (Å²) < 4.78 is 12.6. The second-order valence-electron chi connectivity index (χ2n) is 8.59. The molecule has 0 atom stereocenters. The van der Waals surface area contributed by atoms with E-state index < -0.39 is 18.3 Å². The molecule has 0 unspecified atom stereocenters. The number of para-hydroxylation sites is 1. The molecule has 1 aliphatic heterocycles. The van der Waals surface area contributed by atoms with Crippen LogP contribution in [-0.2, 0) is 14.7 Å². The molecule has 1 fully saturated rings. The number of H-pyrrole nitrogens is 1. The third-order valence-electron chi connectivity index (χ3n) is 5.23. The van der Waals surface area contributed by atoms with E-state index in [-0.39, 0.29) is 5.41 Å². The van der Waals surface area contributed by atoms with E-state index in [9.17, 15) is 5.26 Å². The Labute approximate surface area is 144 Å². The lowest BCUT2D eigenvalue weighted by atomic mass is 9.72. The third kappa shape index (κ3) is 2.45. The van der Waals surface area contributed by atoms with Crippen molar-refractivity contribution in [1.29, 1.82) is 5.26 Å². The Morgan fingerprint density at radius 2 is 1.67 bits per heavy atom. The zero-order chi connectivity index (χ0) is 17.9. The molecule has 1 aliphatic rings. The van der Waals surface area contributed by atoms with Gasteiger partial charge in [0, 0.05) is 22.0 Å². The van der Waals surface area contributed by atoms with Gasteiger partial charge in [-0.05, 0) is 33.8 Å². The van der Waals surface area contributed by atoms with Crippen molar-refractivity contribution in [3.05, 3.63) is 29.5 Å². The van der Waals surface area contributed by atoms with Crippen LogP contribution in [0, 0.1) is 11.3 Å². The Morgan fingerprint density at radius 3 is 2.17 bits per heavy atom. The fourth-order valence-corrected chi connectivity index (χ4v) is 3.13. The molecular formula is C19H25BN2O2. The van der Waals surface area contributed by atoms with E-state index >= 15 is 0 Å². The Morgan fingerprint density at radius 1 is 1.08 bits per heavy atom. The van der Waals surface area contributed by atoms with Crippen LogP contribution in [0.3, 0.4) is 0 Å². The second-order valence-corrected chi connectivity index (χ2v) is 8.59. The monoisotopic (exact) mass is 324 g/mol. The molecular weight excluding hydrogens is 299 g/mol. The smallest absolute Gasteiger partial charge is 0.399 e. The van der Waals surface area contributed by atoms with Gasteiger partial charge in [-0.2, -0.15) is 5.26 Å². The van der Waals surface area contributed by atoms with Crippen LogP contribution in [0.1, 0.15) is 59.7 Å². The van der Waals surface area contributed by atoms with Crippen molar-refractivity contribution in [2.45, 2.75) is 65.1 Å². The summed E-state index contributed by atoms with van der Waals surface area (Å²) in [5.74, 6) is 0. The van der Waals surface area contributed by atoms with Gasteiger partial charge in [-0.1, -0.05) is 32.9 Å². The number of fused-ring (bicyclic) bond motifs is 1. The Balaban J connectivity index is 2.26. The predicted molar refractivity (Wildman–Crippen MR) is 97.4 cm³/mol. The number of hydrogen-bond acceptors (Lipinski definition) is 3. The Bertz CT molecular complexity index is 821. The van der Waals surface area contributed by atoms with Crippen LogP contribution in [0.15, 0.2) is 18.2 Å². The van der Waals surface area contributed by atoms with Gasteiger partial charge >= 0.3 is 7.12 Å². The quantitative estimate of drug-likeness (QED) is 0.815. The summed E-state index contributed by atoms with van der Waals surface area (Å²) >= 11 is 0. The van der Waals surface area contributed by atoms with Gasteiger partial charge < -0.3 is 14.3 Å². The SMILES string of the molecule is CC(C)(C)c1[nH]c2c(C#N)cccc2c1B1OC(C)(C)C(C)(C)O1. The van der Waals surface area contributed by atoms with Crippen LogP contribution in [0.5, 0.6) is 0 Å². The number of rotatable bonds is 1. The lowest BCUT2D eigenvalue weighted by Gasteiger charge is -2.32. The van der Waals surface area contributed by atoms with Crippen LogP contribution in [0.25, 0.3) is 10.9 Å². The van der Waals surface area contributed by atoms with Gasteiger partial charge in [-0.3, -0.25) is 0 Å². The molecule has 2 heterocycles. The molecule has 0 spiro atoms. The number of aromatic nitrogens is 1. The Kier molecular flexibility index (Phi) is 3.64. The molecule has 4 nitrogen and oxygen atoms in total. The summed E-state index contributed by atoms with van der Waals surface area (Å²) in [6.45, 7) is 14.7. The van der Waals surface area contributed by atoms with E-state index in [2.05, 4.69) is 59.5 Å². The first-order valence-corrected chi connectivity index (χ1v) is 8.39. The van der Waals surface area contributed by atoms with Gasteiger partial charge in [0.05, 0.1) is 22.3 Å². The number of benzene rings is 1. The molecule has 1 aromatic carbocycles. The molecule has 1 saturated heterocycles. The van der Waals surface area contributed by atoms with E-state index in [1.807, 2.05) is 18.2 Å². The normalized spacial score (nSPS) is 19.7. The maximum absolute atomic E-state index is 9.44. The van der Waals surface area contributed by atoms with Gasteiger partial charge in [0.25, 0.3) is 0 Å². The van der Waals surface area contributed by atoms with Gasteiger partial charge in [-0.15, -0.1) is 0 Å². The number of aromatic amines is 1. The highest BCUT2D eigenvalue weighted by molar-refractivity contribution is 6.66. The number of nitrogens with zero attached hydrogens (tertiary/aromatic N) is 1. The summed E-state index contributed by atoms with van der Waals surface area (Å²) in [6.07, 6.45) is 0. The van der Waals surface area contributed by atoms with Crippen molar-refractivity contribution in [3.8, 4) is 6.07 Å². The van der Waals surface area contributed by atoms with Crippen molar-refractivity contribution in [2.24, 2.45) is 0 Å². The highest BCUT2D eigenvalue weighted by atomic mass is 16.7. The predicted octanol–water partition coefficient (Wildman–Crippen LogP) is 3.64. The van der Waals surface area contributed by atoms with Crippen molar-refractivity contribution in [3.63, 3.8) is 0 Å². The molecule has 1 N–H and O–H groups in total. The number of nitrogens with one attached hydrogen (secondary N) is 1. The largest absolute Gasteiger partial charge is 0.497 e. The Hall–Kier alpha value is -1.77. The number of hydrogen-bond donors (Lipinski definition) is 1. The summed E-state index contributed by atoms with van der Waals surface area (Å²) in [4.78, 5) is 3.47. The first kappa shape index (κ1) is 17.1. The summed E-state index contributed by atoms with van der Waals surface area (Å²) in [5.41, 5.74) is 2.64. The van der Waals surface area contributed by atoms with E-state index in [1.165, 1.54) is 0 Å². The van der Waals surface area contributed by atoms with Crippen molar-refractivity contribution in [1.82, 2.24) is 4.98 Å². The first-order chi connectivity index (χ1) is 11.0. The molecule has 5 heteroatoms. The highest BCUT2D eigenvalue weighted by Gasteiger charge is 2.53. The molecule has 3 rings (SSSR count). The van der Waals surface area contributed by atoms with Crippen molar-refractivity contribution < 1.29 is 9.31 Å². The summed E-state index contributed by atoms with van der Waals surface area (Å²) in [7, 11) is -0.452. The molecule has 24 heavy (non-hydrogen) atoms. The zero-order valence-corrected chi connectivity index (χ0v) is 15.6.